The molecule has 1 aromatic heterocycles. The molecule has 5 rings (SSSR count). The molecule has 158 valence electrons. The minimum Gasteiger partial charge on any atom is -0.307 e. The number of nitrogens with zero attached hydrogens (tertiary/aromatic N) is 5. The van der Waals surface area contributed by atoms with E-state index in [0.717, 1.165) is 17.7 Å². The maximum atomic E-state index is 13.6. The Kier molecular flexibility index (Phi) is 3.62. The lowest BCUT2D eigenvalue weighted by atomic mass is 10.1. The number of aromatic nitrogens is 2. The average Bonchev–Trinajstić information content (AvgIpc) is 3.09. The zero-order valence-corrected chi connectivity index (χ0v) is 17.8. The molecule has 3 heterocycles. The monoisotopic (exact) mass is 430 g/mol. The number of fused-ring (bicyclic) bond motifs is 3. The minimum absolute atomic E-state index is 0.0214. The molecule has 2 aliphatic heterocycles. The molecular weight excluding hydrogens is 404 g/mol. The Bertz CT molecular complexity index is 1270. The van der Waals surface area contributed by atoms with Crippen LogP contribution in [-0.2, 0) is 23.6 Å². The second-order valence-electron chi connectivity index (χ2n) is 8.36. The molecule has 1 N–H and O–H groups in total. The Hall–Kier alpha value is -2.72. The van der Waals surface area contributed by atoms with E-state index < -0.39 is 28.0 Å². The SMILES string of the molecule is [2H]C([2H])(c1cnn(C)c1)N1C(=O)c2cc(S(=O)(=O)NC3(C)CC3)ccc2N2C1=NC[C@@H]2C. The Morgan fingerprint density at radius 2 is 2.13 bits per heavy atom. The number of hydrogen-bond donors (Lipinski definition) is 1. The molecule has 9 nitrogen and oxygen atoms in total. The van der Waals surface area contributed by atoms with Gasteiger partial charge in [-0.25, -0.2) is 13.1 Å². The summed E-state index contributed by atoms with van der Waals surface area (Å²) in [7, 11) is -2.16. The van der Waals surface area contributed by atoms with Gasteiger partial charge in [-0.2, -0.15) is 5.10 Å². The molecule has 0 bridgehead atoms. The number of aliphatic imine (C=N–C) groups is 1. The maximum absolute atomic E-state index is 13.6. The maximum Gasteiger partial charge on any atom is 0.263 e. The van der Waals surface area contributed by atoms with Gasteiger partial charge >= 0.3 is 0 Å². The van der Waals surface area contributed by atoms with E-state index in [1.807, 2.05) is 13.8 Å². The molecule has 1 amide bonds. The molecule has 10 heteroatoms. The highest BCUT2D eigenvalue weighted by atomic mass is 32.2. The van der Waals surface area contributed by atoms with Crippen LogP contribution in [0.1, 0.15) is 45.4 Å². The molecule has 0 saturated heterocycles. The van der Waals surface area contributed by atoms with Crippen LogP contribution in [0.15, 0.2) is 40.5 Å². The lowest BCUT2D eigenvalue weighted by Gasteiger charge is -2.38. The summed E-state index contributed by atoms with van der Waals surface area (Å²) in [5.41, 5.74) is 0.389. The highest BCUT2D eigenvalue weighted by molar-refractivity contribution is 7.89. The molecule has 3 aliphatic rings. The molecule has 0 spiro atoms. The highest BCUT2D eigenvalue weighted by Crippen LogP contribution is 2.38. The highest BCUT2D eigenvalue weighted by Gasteiger charge is 2.43. The second-order valence-corrected chi connectivity index (χ2v) is 10.0. The lowest BCUT2D eigenvalue weighted by molar-refractivity contribution is 0.0833. The van der Waals surface area contributed by atoms with Crippen LogP contribution in [0.5, 0.6) is 0 Å². The molecule has 30 heavy (non-hydrogen) atoms. The number of guanidine groups is 1. The number of sulfonamides is 1. The van der Waals surface area contributed by atoms with Gasteiger partial charge in [-0.15, -0.1) is 0 Å². The zero-order chi connectivity index (χ0) is 23.1. The molecule has 1 aromatic carbocycles. The third kappa shape index (κ3) is 3.10. The van der Waals surface area contributed by atoms with Gasteiger partial charge in [-0.1, -0.05) is 0 Å². The fraction of sp³-hybridized carbons (Fsp3) is 0.450. The number of benzene rings is 1. The molecule has 0 unspecified atom stereocenters. The van der Waals surface area contributed by atoms with Crippen LogP contribution in [0.25, 0.3) is 0 Å². The summed E-state index contributed by atoms with van der Waals surface area (Å²) in [5.74, 6) is -0.435. The average molecular weight is 431 g/mol. The summed E-state index contributed by atoms with van der Waals surface area (Å²) in [6, 6.07) is 4.30. The van der Waals surface area contributed by atoms with Crippen LogP contribution in [0.4, 0.5) is 5.69 Å². The first-order valence-electron chi connectivity index (χ1n) is 10.8. The predicted octanol–water partition coefficient (Wildman–Crippen LogP) is 1.47. The van der Waals surface area contributed by atoms with Crippen molar-refractivity contribution >= 4 is 27.6 Å². The van der Waals surface area contributed by atoms with E-state index in [1.165, 1.54) is 29.2 Å². The molecule has 2 aromatic rings. The van der Waals surface area contributed by atoms with Crippen LogP contribution in [-0.4, -0.2) is 53.1 Å². The predicted molar refractivity (Wildman–Crippen MR) is 112 cm³/mol. The topological polar surface area (TPSA) is 99.9 Å². The Morgan fingerprint density at radius 1 is 1.37 bits per heavy atom. The van der Waals surface area contributed by atoms with Gasteiger partial charge in [0.25, 0.3) is 5.91 Å². The third-order valence-electron chi connectivity index (χ3n) is 5.65. The van der Waals surface area contributed by atoms with E-state index in [0.29, 0.717) is 12.2 Å². The van der Waals surface area contributed by atoms with Gasteiger partial charge in [0, 0.05) is 24.3 Å². The summed E-state index contributed by atoms with van der Waals surface area (Å²) in [6.45, 7) is 1.92. The zero-order valence-electron chi connectivity index (χ0n) is 19.0. The number of rotatable bonds is 5. The van der Waals surface area contributed by atoms with E-state index in [2.05, 4.69) is 14.8 Å². The van der Waals surface area contributed by atoms with Crippen molar-refractivity contribution in [2.45, 2.75) is 49.7 Å². The van der Waals surface area contributed by atoms with Crippen molar-refractivity contribution in [3.8, 4) is 0 Å². The van der Waals surface area contributed by atoms with Crippen LogP contribution in [0, 0.1) is 0 Å². The van der Waals surface area contributed by atoms with Crippen molar-refractivity contribution in [2.24, 2.45) is 12.0 Å². The van der Waals surface area contributed by atoms with E-state index in [1.54, 1.807) is 18.0 Å². The van der Waals surface area contributed by atoms with E-state index in [4.69, 9.17) is 2.74 Å². The number of carbonyl (C=O) groups is 1. The molecular formula is C20H24N6O3S. The molecule has 0 radical (unpaired) electrons. The van der Waals surface area contributed by atoms with Crippen molar-refractivity contribution in [1.29, 1.82) is 0 Å². The standard InChI is InChI=1S/C20H24N6O3S/c1-13-9-21-19-25(12-14-10-22-24(3)11-14)18(27)16-8-15(4-5-17(16)26(13)19)30(28,29)23-20(2)6-7-20/h4-5,8,10-11,13,23H,6-7,9,12H2,1-3H3/t13-/m0/s1/i12D2. The second kappa shape index (κ2) is 6.39. The largest absolute Gasteiger partial charge is 0.307 e. The van der Waals surface area contributed by atoms with Crippen LogP contribution >= 0.6 is 0 Å². The quantitative estimate of drug-likeness (QED) is 0.774. The van der Waals surface area contributed by atoms with Gasteiger partial charge < -0.3 is 4.90 Å². The van der Waals surface area contributed by atoms with Crippen molar-refractivity contribution in [3.05, 3.63) is 41.7 Å². The Labute approximate surface area is 178 Å². The fourth-order valence-electron chi connectivity index (χ4n) is 3.75. The summed E-state index contributed by atoms with van der Waals surface area (Å²) >= 11 is 0. The smallest absolute Gasteiger partial charge is 0.263 e. The summed E-state index contributed by atoms with van der Waals surface area (Å²) in [5, 5.41) is 4.03. The minimum atomic E-state index is -3.83. The first kappa shape index (κ1) is 17.0. The van der Waals surface area contributed by atoms with Gasteiger partial charge in [0.15, 0.2) is 0 Å². The van der Waals surface area contributed by atoms with Crippen molar-refractivity contribution in [2.75, 3.05) is 11.4 Å². The number of hydrogen-bond acceptors (Lipinski definition) is 6. The molecule has 1 fully saturated rings. The molecule has 1 atom stereocenters. The normalized spacial score (nSPS) is 23.5. The van der Waals surface area contributed by atoms with E-state index in [-0.39, 0.29) is 28.0 Å². The van der Waals surface area contributed by atoms with Gasteiger partial charge in [0.2, 0.25) is 16.0 Å². The van der Waals surface area contributed by atoms with Crippen molar-refractivity contribution < 1.29 is 16.0 Å². The Balaban J connectivity index is 1.62. The van der Waals surface area contributed by atoms with Gasteiger partial charge in [-0.05, 0) is 44.9 Å². The van der Waals surface area contributed by atoms with Gasteiger partial charge in [0.05, 0.1) is 44.2 Å². The number of anilines is 1. The van der Waals surface area contributed by atoms with Crippen LogP contribution < -0.4 is 9.62 Å². The molecule has 1 saturated carbocycles. The number of nitrogens with one attached hydrogen (secondary N) is 1. The van der Waals surface area contributed by atoms with Gasteiger partial charge in [0.1, 0.15) is 0 Å². The lowest BCUT2D eigenvalue weighted by Crippen LogP contribution is -2.52. The third-order valence-corrected chi connectivity index (χ3v) is 7.29. The first-order valence-corrected chi connectivity index (χ1v) is 11.3. The van der Waals surface area contributed by atoms with Crippen LogP contribution in [0.3, 0.4) is 0 Å². The number of aryl methyl sites for hydroxylation is 1. The first-order chi connectivity index (χ1) is 14.9. The van der Waals surface area contributed by atoms with E-state index >= 15 is 0 Å². The van der Waals surface area contributed by atoms with E-state index in [9.17, 15) is 13.2 Å². The van der Waals surface area contributed by atoms with Crippen LogP contribution in [0.2, 0.25) is 0 Å². The fourth-order valence-corrected chi connectivity index (χ4v) is 5.24. The van der Waals surface area contributed by atoms with Gasteiger partial charge in [-0.3, -0.25) is 19.4 Å². The number of carbonyl (C=O) groups excluding carboxylic acids is 1. The summed E-state index contributed by atoms with van der Waals surface area (Å²) in [6.07, 6.45) is 4.40. The Morgan fingerprint density at radius 3 is 2.80 bits per heavy atom. The summed E-state index contributed by atoms with van der Waals surface area (Å²) < 4.78 is 47.5. The molecule has 1 aliphatic carbocycles. The summed E-state index contributed by atoms with van der Waals surface area (Å²) in [4.78, 5) is 20.8. The van der Waals surface area contributed by atoms with Crippen molar-refractivity contribution in [1.82, 2.24) is 19.4 Å². The van der Waals surface area contributed by atoms with Crippen molar-refractivity contribution in [3.63, 3.8) is 0 Å². The number of amides is 1.